The number of thiazole rings is 1. The average molecular weight is 428 g/mol. The number of aromatic nitrogens is 1. The third kappa shape index (κ3) is 3.90. The second-order valence-corrected chi connectivity index (χ2v) is 10.1. The van der Waals surface area contributed by atoms with Crippen LogP contribution in [-0.2, 0) is 22.9 Å². The van der Waals surface area contributed by atoms with Crippen molar-refractivity contribution in [2.45, 2.75) is 31.1 Å². The summed E-state index contributed by atoms with van der Waals surface area (Å²) >= 11 is 1.49. The molecule has 4 rings (SSSR count). The zero-order valence-corrected chi connectivity index (χ0v) is 17.8. The molecule has 0 bridgehead atoms. The van der Waals surface area contributed by atoms with E-state index in [9.17, 15) is 13.2 Å². The van der Waals surface area contributed by atoms with Crippen LogP contribution in [0.2, 0.25) is 0 Å². The quantitative estimate of drug-likeness (QED) is 0.667. The number of amides is 1. The molecule has 8 heteroatoms. The van der Waals surface area contributed by atoms with Crippen LogP contribution in [0, 0.1) is 6.92 Å². The molecule has 1 aliphatic rings. The number of hydrogen-bond donors (Lipinski definition) is 1. The van der Waals surface area contributed by atoms with Crippen LogP contribution in [0.25, 0.3) is 0 Å². The fourth-order valence-electron chi connectivity index (χ4n) is 3.26. The predicted octanol–water partition coefficient (Wildman–Crippen LogP) is 4.02. The van der Waals surface area contributed by atoms with Gasteiger partial charge in [-0.1, -0.05) is 23.8 Å². The zero-order chi connectivity index (χ0) is 20.6. The first-order valence-corrected chi connectivity index (χ1v) is 11.6. The van der Waals surface area contributed by atoms with Crippen molar-refractivity contribution in [3.8, 4) is 0 Å². The standard InChI is InChI=1S/C21H21N3O3S2/c1-14-9-11-16(12-10-14)24(2)29(26,27)17-6-3-5-15(13-17)20(25)23-21-22-18-7-4-8-19(18)28-21/h3,5-6,9-13H,4,7-8H2,1-2H3,(H,22,23,25). The van der Waals surface area contributed by atoms with E-state index in [0.29, 0.717) is 10.8 Å². The van der Waals surface area contributed by atoms with Crippen LogP contribution in [0.5, 0.6) is 0 Å². The summed E-state index contributed by atoms with van der Waals surface area (Å²) in [5, 5.41) is 3.35. The van der Waals surface area contributed by atoms with E-state index in [1.807, 2.05) is 19.1 Å². The van der Waals surface area contributed by atoms with Gasteiger partial charge in [0.15, 0.2) is 5.13 Å². The van der Waals surface area contributed by atoms with Gasteiger partial charge in [-0.2, -0.15) is 0 Å². The molecule has 1 amide bonds. The Kier molecular flexibility index (Phi) is 5.14. The Morgan fingerprint density at radius 2 is 1.90 bits per heavy atom. The smallest absolute Gasteiger partial charge is 0.264 e. The molecule has 3 aromatic rings. The lowest BCUT2D eigenvalue weighted by Crippen LogP contribution is -2.26. The molecular formula is C21H21N3O3S2. The highest BCUT2D eigenvalue weighted by Crippen LogP contribution is 2.31. The fraction of sp³-hybridized carbons (Fsp3) is 0.238. The molecule has 2 aromatic carbocycles. The van der Waals surface area contributed by atoms with Crippen LogP contribution in [0.1, 0.15) is 32.9 Å². The summed E-state index contributed by atoms with van der Waals surface area (Å²) in [6.45, 7) is 1.94. The number of nitrogens with zero attached hydrogens (tertiary/aromatic N) is 2. The molecule has 1 aromatic heterocycles. The van der Waals surface area contributed by atoms with Gasteiger partial charge in [0, 0.05) is 17.5 Å². The second-order valence-electron chi connectivity index (χ2n) is 7.03. The number of carbonyl (C=O) groups is 1. The van der Waals surface area contributed by atoms with Crippen molar-refractivity contribution in [2.75, 3.05) is 16.7 Å². The third-order valence-electron chi connectivity index (χ3n) is 4.97. The highest BCUT2D eigenvalue weighted by molar-refractivity contribution is 7.92. The van der Waals surface area contributed by atoms with Gasteiger partial charge in [0.1, 0.15) is 0 Å². The molecule has 1 heterocycles. The minimum atomic E-state index is -3.79. The number of fused-ring (bicyclic) bond motifs is 1. The van der Waals surface area contributed by atoms with Crippen LogP contribution in [0.3, 0.4) is 0 Å². The van der Waals surface area contributed by atoms with E-state index in [0.717, 1.165) is 30.5 Å². The van der Waals surface area contributed by atoms with E-state index >= 15 is 0 Å². The summed E-state index contributed by atoms with van der Waals surface area (Å²) in [7, 11) is -2.29. The Bertz CT molecular complexity index is 1150. The fourth-order valence-corrected chi connectivity index (χ4v) is 5.55. The highest BCUT2D eigenvalue weighted by atomic mass is 32.2. The third-order valence-corrected chi connectivity index (χ3v) is 7.82. The van der Waals surface area contributed by atoms with Gasteiger partial charge in [0.25, 0.3) is 15.9 Å². The molecule has 0 aliphatic heterocycles. The van der Waals surface area contributed by atoms with Crippen molar-refractivity contribution in [1.82, 2.24) is 4.98 Å². The topological polar surface area (TPSA) is 79.4 Å². The van der Waals surface area contributed by atoms with E-state index in [1.165, 1.54) is 39.7 Å². The Morgan fingerprint density at radius 1 is 1.14 bits per heavy atom. The van der Waals surface area contributed by atoms with Crippen molar-refractivity contribution in [1.29, 1.82) is 0 Å². The predicted molar refractivity (Wildman–Crippen MR) is 115 cm³/mol. The van der Waals surface area contributed by atoms with Gasteiger partial charge in [-0.25, -0.2) is 13.4 Å². The van der Waals surface area contributed by atoms with Gasteiger partial charge < -0.3 is 0 Å². The maximum absolute atomic E-state index is 13.0. The summed E-state index contributed by atoms with van der Waals surface area (Å²) in [6, 6.07) is 13.3. The summed E-state index contributed by atoms with van der Waals surface area (Å²) in [5.41, 5.74) is 2.94. The summed E-state index contributed by atoms with van der Waals surface area (Å²) < 4.78 is 27.3. The van der Waals surface area contributed by atoms with Crippen LogP contribution < -0.4 is 9.62 Å². The molecule has 0 saturated heterocycles. The molecular weight excluding hydrogens is 406 g/mol. The normalized spacial score (nSPS) is 13.2. The van der Waals surface area contributed by atoms with Crippen LogP contribution >= 0.6 is 11.3 Å². The highest BCUT2D eigenvalue weighted by Gasteiger charge is 2.23. The molecule has 0 fully saturated rings. The Balaban J connectivity index is 1.56. The Morgan fingerprint density at radius 3 is 2.62 bits per heavy atom. The molecule has 1 N–H and O–H groups in total. The molecule has 29 heavy (non-hydrogen) atoms. The van der Waals surface area contributed by atoms with Gasteiger partial charge in [-0.15, -0.1) is 11.3 Å². The van der Waals surface area contributed by atoms with Crippen molar-refractivity contribution in [2.24, 2.45) is 0 Å². The minimum Gasteiger partial charge on any atom is -0.298 e. The van der Waals surface area contributed by atoms with Gasteiger partial charge in [0.05, 0.1) is 16.3 Å². The number of sulfonamides is 1. The second kappa shape index (κ2) is 7.61. The molecule has 0 saturated carbocycles. The Hall–Kier alpha value is -2.71. The monoisotopic (exact) mass is 427 g/mol. The summed E-state index contributed by atoms with van der Waals surface area (Å²) in [6.07, 6.45) is 3.06. The van der Waals surface area contributed by atoms with Crippen molar-refractivity contribution < 1.29 is 13.2 Å². The lowest BCUT2D eigenvalue weighted by atomic mass is 10.2. The van der Waals surface area contributed by atoms with Crippen LogP contribution in [-0.4, -0.2) is 26.4 Å². The van der Waals surface area contributed by atoms with Gasteiger partial charge >= 0.3 is 0 Å². The van der Waals surface area contributed by atoms with Crippen molar-refractivity contribution >= 4 is 38.1 Å². The molecule has 0 unspecified atom stereocenters. The number of nitrogens with one attached hydrogen (secondary N) is 1. The van der Waals surface area contributed by atoms with Gasteiger partial charge in [0.2, 0.25) is 0 Å². The maximum atomic E-state index is 13.0. The van der Waals surface area contributed by atoms with E-state index in [4.69, 9.17) is 0 Å². The molecule has 0 radical (unpaired) electrons. The first-order chi connectivity index (χ1) is 13.8. The van der Waals surface area contributed by atoms with E-state index in [2.05, 4.69) is 10.3 Å². The van der Waals surface area contributed by atoms with Crippen molar-refractivity contribution in [3.05, 3.63) is 70.2 Å². The van der Waals surface area contributed by atoms with E-state index in [-0.39, 0.29) is 16.4 Å². The number of carbonyl (C=O) groups excluding carboxylic acids is 1. The summed E-state index contributed by atoms with van der Waals surface area (Å²) in [4.78, 5) is 18.4. The van der Waals surface area contributed by atoms with Crippen LogP contribution in [0.4, 0.5) is 10.8 Å². The molecule has 1 aliphatic carbocycles. The lowest BCUT2D eigenvalue weighted by molar-refractivity contribution is 0.102. The van der Waals surface area contributed by atoms with Gasteiger partial charge in [-0.3, -0.25) is 14.4 Å². The zero-order valence-electron chi connectivity index (χ0n) is 16.2. The number of anilines is 2. The maximum Gasteiger partial charge on any atom is 0.264 e. The first-order valence-electron chi connectivity index (χ1n) is 9.30. The average Bonchev–Trinajstić information content (AvgIpc) is 3.30. The molecule has 150 valence electrons. The Labute approximate surface area is 174 Å². The summed E-state index contributed by atoms with van der Waals surface area (Å²) in [5.74, 6) is -0.368. The minimum absolute atomic E-state index is 0.0647. The number of benzene rings is 2. The van der Waals surface area contributed by atoms with E-state index < -0.39 is 10.0 Å². The first kappa shape index (κ1) is 19.6. The molecule has 6 nitrogen and oxygen atoms in total. The molecule has 0 spiro atoms. The lowest BCUT2D eigenvalue weighted by Gasteiger charge is -2.20. The van der Waals surface area contributed by atoms with Crippen LogP contribution in [0.15, 0.2) is 53.4 Å². The number of rotatable bonds is 5. The number of aryl methyl sites for hydroxylation is 3. The molecule has 0 atom stereocenters. The number of hydrogen-bond acceptors (Lipinski definition) is 5. The SMILES string of the molecule is Cc1ccc(N(C)S(=O)(=O)c2cccc(C(=O)Nc3nc4c(s3)CCC4)c2)cc1. The van der Waals surface area contributed by atoms with Crippen molar-refractivity contribution in [3.63, 3.8) is 0 Å². The van der Waals surface area contributed by atoms with Gasteiger partial charge in [-0.05, 0) is 56.5 Å². The van der Waals surface area contributed by atoms with E-state index in [1.54, 1.807) is 24.3 Å². The largest absolute Gasteiger partial charge is 0.298 e.